The van der Waals surface area contributed by atoms with Gasteiger partial charge in [-0.2, -0.15) is 13.2 Å². The summed E-state index contributed by atoms with van der Waals surface area (Å²) in [6.07, 6.45) is -3.37. The minimum atomic E-state index is -4.59. The Morgan fingerprint density at radius 1 is 0.848 bits per heavy atom. The maximum atomic E-state index is 14.8. The fourth-order valence-electron chi connectivity index (χ4n) is 4.74. The molecule has 0 spiro atoms. The third kappa shape index (κ3) is 7.68. The molecule has 0 bridgehead atoms. The van der Waals surface area contributed by atoms with Gasteiger partial charge < -0.3 is 25.2 Å². The summed E-state index contributed by atoms with van der Waals surface area (Å²) in [6, 6.07) is 11.1. The van der Waals surface area contributed by atoms with Crippen molar-refractivity contribution in [3.63, 3.8) is 0 Å². The summed E-state index contributed by atoms with van der Waals surface area (Å²) in [5.74, 6) is -0.971. The average molecular weight is 639 g/mol. The van der Waals surface area contributed by atoms with Crippen LogP contribution in [0.1, 0.15) is 42.3 Å². The highest BCUT2D eigenvalue weighted by Crippen LogP contribution is 2.31. The van der Waals surface area contributed by atoms with Gasteiger partial charge in [0.15, 0.2) is 5.78 Å². The van der Waals surface area contributed by atoms with E-state index in [-0.39, 0.29) is 28.6 Å². The highest BCUT2D eigenvalue weighted by atomic mass is 19.4. The predicted octanol–water partition coefficient (Wildman–Crippen LogP) is 6.72. The molecule has 1 aromatic heterocycles. The number of urea groups is 1. The second-order valence-electron chi connectivity index (χ2n) is 11.6. The molecule has 0 aliphatic carbocycles. The number of fused-ring (bicyclic) bond motifs is 1. The van der Waals surface area contributed by atoms with E-state index < -0.39 is 35.0 Å². The van der Waals surface area contributed by atoms with E-state index in [9.17, 15) is 31.9 Å². The second kappa shape index (κ2) is 12.6. The monoisotopic (exact) mass is 638 g/mol. The summed E-state index contributed by atoms with van der Waals surface area (Å²) in [7, 11) is 0. The fourth-order valence-corrected chi connectivity index (χ4v) is 4.74. The van der Waals surface area contributed by atoms with E-state index in [1.54, 1.807) is 37.9 Å². The second-order valence-corrected chi connectivity index (χ2v) is 11.6. The quantitative estimate of drug-likeness (QED) is 0.184. The van der Waals surface area contributed by atoms with Gasteiger partial charge in [-0.25, -0.2) is 19.0 Å². The third-order valence-electron chi connectivity index (χ3n) is 6.96. The van der Waals surface area contributed by atoms with Crippen molar-refractivity contribution >= 4 is 46.1 Å². The molecule has 1 aliphatic rings. The first-order valence-electron chi connectivity index (χ1n) is 14.3. The zero-order valence-corrected chi connectivity index (χ0v) is 25.1. The number of rotatable bonds is 5. The number of hydrogen-bond acceptors (Lipinski definition) is 7. The van der Waals surface area contributed by atoms with Crippen LogP contribution in [-0.2, 0) is 10.9 Å². The predicted molar refractivity (Wildman–Crippen MR) is 163 cm³/mol. The number of carbonyl (C=O) groups excluding carboxylic acids is 3. The minimum Gasteiger partial charge on any atom is -0.444 e. The Hall–Kier alpha value is -5.27. The maximum absolute atomic E-state index is 14.8. The first-order valence-corrected chi connectivity index (χ1v) is 14.3. The van der Waals surface area contributed by atoms with E-state index in [0.29, 0.717) is 43.0 Å². The van der Waals surface area contributed by atoms with Crippen LogP contribution in [0.25, 0.3) is 11.0 Å². The lowest BCUT2D eigenvalue weighted by molar-refractivity contribution is -0.137. The summed E-state index contributed by atoms with van der Waals surface area (Å²) < 4.78 is 59.3. The van der Waals surface area contributed by atoms with Gasteiger partial charge in [-0.3, -0.25) is 9.78 Å². The Balaban J connectivity index is 1.28. The van der Waals surface area contributed by atoms with E-state index in [1.807, 2.05) is 4.90 Å². The van der Waals surface area contributed by atoms with Crippen molar-refractivity contribution in [3.8, 4) is 0 Å². The van der Waals surface area contributed by atoms with Crippen molar-refractivity contribution in [1.82, 2.24) is 14.9 Å². The Morgan fingerprint density at radius 2 is 1.54 bits per heavy atom. The number of ketones is 1. The maximum Gasteiger partial charge on any atom is 0.416 e. The number of ether oxygens (including phenoxy) is 1. The number of anilines is 3. The van der Waals surface area contributed by atoms with Gasteiger partial charge in [0.1, 0.15) is 17.2 Å². The van der Waals surface area contributed by atoms with Gasteiger partial charge >= 0.3 is 18.3 Å². The lowest BCUT2D eigenvalue weighted by atomic mass is 10.0. The molecule has 240 valence electrons. The van der Waals surface area contributed by atoms with E-state index in [0.717, 1.165) is 30.3 Å². The summed E-state index contributed by atoms with van der Waals surface area (Å²) in [4.78, 5) is 50.9. The van der Waals surface area contributed by atoms with Crippen LogP contribution >= 0.6 is 0 Å². The number of alkyl halides is 3. The minimum absolute atomic E-state index is 0.0441. The Bertz CT molecular complexity index is 1800. The fraction of sp³-hybridized carbons (Fsp3) is 0.281. The van der Waals surface area contributed by atoms with Crippen LogP contribution in [0.3, 0.4) is 0 Å². The number of carbonyl (C=O) groups is 3. The van der Waals surface area contributed by atoms with Gasteiger partial charge in [0, 0.05) is 43.1 Å². The Kier molecular flexibility index (Phi) is 8.81. The van der Waals surface area contributed by atoms with E-state index in [1.165, 1.54) is 24.3 Å². The molecule has 14 heteroatoms. The standard InChI is InChI=1S/C32H30F4N6O4/c1-31(2,3)46-30(45)42-13-11-41(12-14-42)27-18-37-25-10-7-19(15-26(25)40-27)28(43)23-17-22(8-9-24(23)33)39-29(44)38-21-6-4-5-20(16-21)32(34,35)36/h4-10,15-18H,11-14H2,1-3H3,(H2,38,39,44). The van der Waals surface area contributed by atoms with Gasteiger partial charge in [0.25, 0.3) is 0 Å². The van der Waals surface area contributed by atoms with Crippen molar-refractivity contribution in [2.45, 2.75) is 32.5 Å². The topological polar surface area (TPSA) is 117 Å². The number of benzene rings is 3. The smallest absolute Gasteiger partial charge is 0.416 e. The molecule has 1 saturated heterocycles. The van der Waals surface area contributed by atoms with Crippen LogP contribution in [0.5, 0.6) is 0 Å². The summed E-state index contributed by atoms with van der Waals surface area (Å²) >= 11 is 0. The van der Waals surface area contributed by atoms with Crippen molar-refractivity contribution in [1.29, 1.82) is 0 Å². The number of aromatic nitrogens is 2. The molecule has 0 radical (unpaired) electrons. The Morgan fingerprint density at radius 3 is 2.22 bits per heavy atom. The molecule has 4 aromatic rings. The molecule has 46 heavy (non-hydrogen) atoms. The molecule has 1 aliphatic heterocycles. The van der Waals surface area contributed by atoms with Crippen LogP contribution in [0.4, 0.5) is 44.3 Å². The SMILES string of the molecule is CC(C)(C)OC(=O)N1CCN(c2cnc3ccc(C(=O)c4cc(NC(=O)Nc5cccc(C(F)(F)F)c5)ccc4F)cc3n2)CC1. The molecule has 3 aromatic carbocycles. The summed E-state index contributed by atoms with van der Waals surface area (Å²) in [5, 5.41) is 4.70. The molecule has 0 atom stereocenters. The number of hydrogen-bond donors (Lipinski definition) is 2. The van der Waals surface area contributed by atoms with Crippen LogP contribution in [0.15, 0.2) is 66.9 Å². The number of nitrogens with zero attached hydrogens (tertiary/aromatic N) is 4. The van der Waals surface area contributed by atoms with Gasteiger partial charge in [-0.05, 0) is 75.4 Å². The molecule has 1 fully saturated rings. The molecule has 5 rings (SSSR count). The van der Waals surface area contributed by atoms with Gasteiger partial charge in [-0.1, -0.05) is 6.07 Å². The van der Waals surface area contributed by atoms with Crippen molar-refractivity contribution in [2.24, 2.45) is 0 Å². The molecular formula is C32H30F4N6O4. The van der Waals surface area contributed by atoms with Crippen LogP contribution < -0.4 is 15.5 Å². The number of nitrogens with one attached hydrogen (secondary N) is 2. The number of amides is 3. The largest absolute Gasteiger partial charge is 0.444 e. The Labute approximate surface area is 261 Å². The molecular weight excluding hydrogens is 608 g/mol. The highest BCUT2D eigenvalue weighted by Gasteiger charge is 2.30. The lowest BCUT2D eigenvalue weighted by Gasteiger charge is -2.36. The summed E-state index contributed by atoms with van der Waals surface area (Å²) in [6.45, 7) is 7.25. The van der Waals surface area contributed by atoms with Crippen molar-refractivity contribution < 1.29 is 36.7 Å². The molecule has 2 N–H and O–H groups in total. The number of piperazine rings is 1. The van der Waals surface area contributed by atoms with E-state index >= 15 is 0 Å². The summed E-state index contributed by atoms with van der Waals surface area (Å²) in [5.41, 5.74) is -0.902. The van der Waals surface area contributed by atoms with Crippen LogP contribution in [-0.4, -0.2) is 64.6 Å². The van der Waals surface area contributed by atoms with Gasteiger partial charge in [0.05, 0.1) is 28.4 Å². The van der Waals surface area contributed by atoms with Gasteiger partial charge in [-0.15, -0.1) is 0 Å². The normalized spacial score (nSPS) is 13.8. The lowest BCUT2D eigenvalue weighted by Crippen LogP contribution is -2.50. The van der Waals surface area contributed by atoms with E-state index in [2.05, 4.69) is 20.6 Å². The molecule has 2 heterocycles. The molecule has 0 unspecified atom stereocenters. The van der Waals surface area contributed by atoms with Crippen molar-refractivity contribution in [2.75, 3.05) is 41.7 Å². The first kappa shape index (κ1) is 32.1. The average Bonchev–Trinajstić information content (AvgIpc) is 3.00. The molecule has 10 nitrogen and oxygen atoms in total. The number of halogens is 4. The van der Waals surface area contributed by atoms with E-state index in [4.69, 9.17) is 4.74 Å². The zero-order valence-electron chi connectivity index (χ0n) is 25.1. The zero-order chi connectivity index (χ0) is 33.2. The third-order valence-corrected chi connectivity index (χ3v) is 6.96. The highest BCUT2D eigenvalue weighted by molar-refractivity contribution is 6.11. The van der Waals surface area contributed by atoms with Crippen molar-refractivity contribution in [3.05, 3.63) is 89.4 Å². The molecule has 3 amide bonds. The van der Waals surface area contributed by atoms with Crippen LogP contribution in [0, 0.1) is 5.82 Å². The van der Waals surface area contributed by atoms with Gasteiger partial charge in [0.2, 0.25) is 0 Å². The van der Waals surface area contributed by atoms with Crippen LogP contribution in [0.2, 0.25) is 0 Å². The molecule has 0 saturated carbocycles. The first-order chi connectivity index (χ1) is 21.7.